The zero-order chi connectivity index (χ0) is 13.8. The quantitative estimate of drug-likeness (QED) is 0.780. The molecule has 19 heavy (non-hydrogen) atoms. The van der Waals surface area contributed by atoms with Gasteiger partial charge in [0.2, 0.25) is 0 Å². The van der Waals surface area contributed by atoms with Gasteiger partial charge >= 0.3 is 0 Å². The number of amides is 1. The Morgan fingerprint density at radius 1 is 1.37 bits per heavy atom. The molecular formula is C14H19FN2O2. The number of benzene rings is 1. The third-order valence-corrected chi connectivity index (χ3v) is 3.66. The molecule has 1 aliphatic carbocycles. The Labute approximate surface area is 111 Å². The van der Waals surface area contributed by atoms with Crippen molar-refractivity contribution >= 4 is 5.91 Å². The number of halogens is 1. The highest BCUT2D eigenvalue weighted by Gasteiger charge is 2.21. The molecule has 0 radical (unpaired) electrons. The number of rotatable bonds is 3. The van der Waals surface area contributed by atoms with Crippen molar-refractivity contribution in [2.45, 2.75) is 31.7 Å². The first-order chi connectivity index (χ1) is 9.08. The molecule has 1 amide bonds. The van der Waals surface area contributed by atoms with E-state index in [4.69, 9.17) is 5.73 Å². The molecule has 104 valence electrons. The van der Waals surface area contributed by atoms with Gasteiger partial charge in [-0.05, 0) is 43.7 Å². The summed E-state index contributed by atoms with van der Waals surface area (Å²) in [6.45, 7) is 0.499. The van der Waals surface area contributed by atoms with Crippen molar-refractivity contribution in [3.63, 3.8) is 0 Å². The second-order valence-corrected chi connectivity index (χ2v) is 5.12. The van der Waals surface area contributed by atoms with E-state index in [0.717, 1.165) is 31.7 Å². The van der Waals surface area contributed by atoms with Crippen LogP contribution in [0.4, 0.5) is 4.39 Å². The number of nitrogens with two attached hydrogens (primary N) is 1. The first kappa shape index (κ1) is 13.8. The number of phenolic OH excluding ortho intramolecular Hbond substituents is 1. The maximum Gasteiger partial charge on any atom is 0.258 e. The molecule has 5 heteroatoms. The van der Waals surface area contributed by atoms with E-state index in [1.165, 1.54) is 12.1 Å². The summed E-state index contributed by atoms with van der Waals surface area (Å²) in [5.41, 5.74) is 5.53. The van der Waals surface area contributed by atoms with Gasteiger partial charge in [0.05, 0.1) is 0 Å². The minimum absolute atomic E-state index is 0.266. The molecule has 2 rings (SSSR count). The normalized spacial score (nSPS) is 23.1. The molecule has 0 atom stereocenters. The molecule has 0 aromatic heterocycles. The van der Waals surface area contributed by atoms with E-state index < -0.39 is 11.7 Å². The minimum Gasteiger partial charge on any atom is -0.507 e. The largest absolute Gasteiger partial charge is 0.507 e. The standard InChI is InChI=1S/C14H19FN2O2/c15-11-2-1-3-12(18)13(11)14(19)17-8-9-4-6-10(16)7-5-9/h1-3,9-10,18H,4-8,16H2,(H,17,19). The van der Waals surface area contributed by atoms with Crippen LogP contribution in [0.5, 0.6) is 5.75 Å². The van der Waals surface area contributed by atoms with Gasteiger partial charge in [0.15, 0.2) is 0 Å². The van der Waals surface area contributed by atoms with Crippen LogP contribution in [0.15, 0.2) is 18.2 Å². The number of carbonyl (C=O) groups is 1. The van der Waals surface area contributed by atoms with Gasteiger partial charge in [0.25, 0.3) is 5.91 Å². The lowest BCUT2D eigenvalue weighted by atomic mass is 9.86. The van der Waals surface area contributed by atoms with E-state index in [0.29, 0.717) is 12.5 Å². The van der Waals surface area contributed by atoms with Gasteiger partial charge in [0.1, 0.15) is 17.1 Å². The molecule has 1 saturated carbocycles. The SMILES string of the molecule is NC1CCC(CNC(=O)c2c(O)cccc2F)CC1. The maximum atomic E-state index is 13.5. The molecule has 0 saturated heterocycles. The van der Waals surface area contributed by atoms with Crippen LogP contribution in [0.3, 0.4) is 0 Å². The molecule has 1 fully saturated rings. The molecule has 4 nitrogen and oxygen atoms in total. The summed E-state index contributed by atoms with van der Waals surface area (Å²) in [6.07, 6.45) is 3.88. The van der Waals surface area contributed by atoms with Gasteiger partial charge < -0.3 is 16.2 Å². The van der Waals surface area contributed by atoms with Crippen molar-refractivity contribution in [2.75, 3.05) is 6.54 Å². The van der Waals surface area contributed by atoms with Crippen LogP contribution >= 0.6 is 0 Å². The first-order valence-electron chi connectivity index (χ1n) is 6.59. The summed E-state index contributed by atoms with van der Waals surface area (Å²) < 4.78 is 13.5. The number of hydrogen-bond acceptors (Lipinski definition) is 3. The number of carbonyl (C=O) groups excluding carboxylic acids is 1. The van der Waals surface area contributed by atoms with Crippen LogP contribution in [0.25, 0.3) is 0 Å². The second kappa shape index (κ2) is 6.02. The topological polar surface area (TPSA) is 75.3 Å². The van der Waals surface area contributed by atoms with Crippen molar-refractivity contribution in [3.05, 3.63) is 29.6 Å². The van der Waals surface area contributed by atoms with Gasteiger partial charge in [-0.15, -0.1) is 0 Å². The summed E-state index contributed by atoms with van der Waals surface area (Å²) in [5.74, 6) is -1.21. The fourth-order valence-corrected chi connectivity index (χ4v) is 2.46. The monoisotopic (exact) mass is 266 g/mol. The molecule has 4 N–H and O–H groups in total. The van der Waals surface area contributed by atoms with Crippen LogP contribution in [-0.2, 0) is 0 Å². The highest BCUT2D eigenvalue weighted by atomic mass is 19.1. The van der Waals surface area contributed by atoms with E-state index in [1.807, 2.05) is 0 Å². The summed E-state index contributed by atoms with van der Waals surface area (Å²) in [4.78, 5) is 11.9. The Kier molecular flexibility index (Phi) is 4.37. The Morgan fingerprint density at radius 3 is 2.68 bits per heavy atom. The number of nitrogens with one attached hydrogen (secondary N) is 1. The Bertz CT molecular complexity index is 437. The Hall–Kier alpha value is -1.62. The minimum atomic E-state index is -0.705. The maximum absolute atomic E-state index is 13.5. The van der Waals surface area contributed by atoms with Gasteiger partial charge in [-0.25, -0.2) is 4.39 Å². The van der Waals surface area contributed by atoms with Crippen molar-refractivity contribution in [1.82, 2.24) is 5.32 Å². The van der Waals surface area contributed by atoms with E-state index in [9.17, 15) is 14.3 Å². The smallest absolute Gasteiger partial charge is 0.258 e. The van der Waals surface area contributed by atoms with Crippen molar-refractivity contribution < 1.29 is 14.3 Å². The molecule has 1 aliphatic rings. The van der Waals surface area contributed by atoms with E-state index in [2.05, 4.69) is 5.32 Å². The average Bonchev–Trinajstić information content (AvgIpc) is 2.38. The summed E-state index contributed by atoms with van der Waals surface area (Å²) in [5, 5.41) is 12.2. The Morgan fingerprint density at radius 2 is 2.05 bits per heavy atom. The first-order valence-corrected chi connectivity index (χ1v) is 6.59. The van der Waals surface area contributed by atoms with E-state index >= 15 is 0 Å². The predicted molar refractivity (Wildman–Crippen MR) is 70.3 cm³/mol. The second-order valence-electron chi connectivity index (χ2n) is 5.12. The van der Waals surface area contributed by atoms with Crippen LogP contribution in [0.2, 0.25) is 0 Å². The van der Waals surface area contributed by atoms with Crippen LogP contribution in [0.1, 0.15) is 36.0 Å². The van der Waals surface area contributed by atoms with Gasteiger partial charge in [-0.3, -0.25) is 4.79 Å². The highest BCUT2D eigenvalue weighted by Crippen LogP contribution is 2.23. The third kappa shape index (κ3) is 3.44. The van der Waals surface area contributed by atoms with Crippen molar-refractivity contribution in [3.8, 4) is 5.75 Å². The molecule has 0 spiro atoms. The van der Waals surface area contributed by atoms with Crippen molar-refractivity contribution in [1.29, 1.82) is 0 Å². The van der Waals surface area contributed by atoms with Gasteiger partial charge in [-0.1, -0.05) is 6.07 Å². The molecular weight excluding hydrogens is 247 g/mol. The number of aromatic hydroxyl groups is 1. The third-order valence-electron chi connectivity index (χ3n) is 3.66. The fourth-order valence-electron chi connectivity index (χ4n) is 2.46. The van der Waals surface area contributed by atoms with Gasteiger partial charge in [-0.2, -0.15) is 0 Å². The summed E-state index contributed by atoms with van der Waals surface area (Å²) >= 11 is 0. The fraction of sp³-hybridized carbons (Fsp3) is 0.500. The number of phenols is 1. The molecule has 0 unspecified atom stereocenters. The van der Waals surface area contributed by atoms with E-state index in [-0.39, 0.29) is 17.4 Å². The predicted octanol–water partition coefficient (Wildman–Crippen LogP) is 1.78. The molecule has 0 bridgehead atoms. The van der Waals surface area contributed by atoms with Crippen LogP contribution in [0, 0.1) is 11.7 Å². The van der Waals surface area contributed by atoms with Crippen molar-refractivity contribution in [2.24, 2.45) is 11.7 Å². The van der Waals surface area contributed by atoms with E-state index in [1.54, 1.807) is 0 Å². The van der Waals surface area contributed by atoms with Crippen LogP contribution in [-0.4, -0.2) is 23.6 Å². The highest BCUT2D eigenvalue weighted by molar-refractivity contribution is 5.97. The van der Waals surface area contributed by atoms with Crippen LogP contribution < -0.4 is 11.1 Å². The summed E-state index contributed by atoms with van der Waals surface area (Å²) in [7, 11) is 0. The Balaban J connectivity index is 1.91. The lowest BCUT2D eigenvalue weighted by Gasteiger charge is -2.26. The molecule has 0 aliphatic heterocycles. The summed E-state index contributed by atoms with van der Waals surface area (Å²) in [6, 6.07) is 4.10. The van der Waals surface area contributed by atoms with Gasteiger partial charge in [0, 0.05) is 12.6 Å². The zero-order valence-electron chi connectivity index (χ0n) is 10.7. The molecule has 1 aromatic rings. The average molecular weight is 266 g/mol. The lowest BCUT2D eigenvalue weighted by Crippen LogP contribution is -2.34. The number of hydrogen-bond donors (Lipinski definition) is 3. The molecule has 1 aromatic carbocycles. The zero-order valence-corrected chi connectivity index (χ0v) is 10.7. The molecule has 0 heterocycles. The lowest BCUT2D eigenvalue weighted by molar-refractivity contribution is 0.0936.